The zero-order valence-corrected chi connectivity index (χ0v) is 18.2. The Morgan fingerprint density at radius 3 is 2.15 bits per heavy atom. The van der Waals surface area contributed by atoms with Crippen molar-refractivity contribution >= 4 is 11.1 Å². The lowest BCUT2D eigenvalue weighted by Crippen LogP contribution is -1.88. The second-order valence-corrected chi connectivity index (χ2v) is 8.07. The van der Waals surface area contributed by atoms with E-state index >= 15 is 0 Å². The van der Waals surface area contributed by atoms with Crippen LogP contribution in [0.1, 0.15) is 0 Å². The zero-order chi connectivity index (χ0) is 22.9. The second-order valence-electron chi connectivity index (χ2n) is 8.07. The highest BCUT2D eigenvalue weighted by Gasteiger charge is 2.16. The lowest BCUT2D eigenvalue weighted by molar-refractivity contribution is 0.474. The monoisotopic (exact) mass is 440 g/mol. The van der Waals surface area contributed by atoms with Crippen LogP contribution in [0.3, 0.4) is 0 Å². The van der Waals surface area contributed by atoms with Crippen molar-refractivity contribution < 1.29 is 9.52 Å². The molecule has 0 saturated carbocycles. The second kappa shape index (κ2) is 8.34. The Hall–Kier alpha value is -4.70. The van der Waals surface area contributed by atoms with Gasteiger partial charge in [-0.2, -0.15) is 0 Å². The lowest BCUT2D eigenvalue weighted by atomic mass is 9.94. The van der Waals surface area contributed by atoms with E-state index in [1.54, 1.807) is 24.4 Å². The van der Waals surface area contributed by atoms with Crippen LogP contribution in [0.25, 0.3) is 56.1 Å². The Balaban J connectivity index is 1.57. The van der Waals surface area contributed by atoms with Crippen LogP contribution in [0.5, 0.6) is 5.75 Å². The van der Waals surface area contributed by atoms with Crippen LogP contribution < -0.4 is 0 Å². The summed E-state index contributed by atoms with van der Waals surface area (Å²) in [7, 11) is 0. The minimum Gasteiger partial charge on any atom is -0.507 e. The van der Waals surface area contributed by atoms with Gasteiger partial charge >= 0.3 is 0 Å². The average molecular weight is 441 g/mol. The number of oxazole rings is 1. The van der Waals surface area contributed by atoms with Gasteiger partial charge in [0.1, 0.15) is 11.3 Å². The molecule has 1 N–H and O–H groups in total. The number of aromatic nitrogens is 2. The van der Waals surface area contributed by atoms with E-state index in [0.29, 0.717) is 17.0 Å². The summed E-state index contributed by atoms with van der Waals surface area (Å²) in [6.45, 7) is 0. The number of phenols is 1. The summed E-state index contributed by atoms with van der Waals surface area (Å²) in [6.07, 6.45) is 1.81. The largest absolute Gasteiger partial charge is 0.507 e. The number of fused-ring (bicyclic) bond motifs is 1. The predicted molar refractivity (Wildman–Crippen MR) is 135 cm³/mol. The van der Waals surface area contributed by atoms with Gasteiger partial charge in [0.05, 0.1) is 11.3 Å². The summed E-state index contributed by atoms with van der Waals surface area (Å²) in [5.41, 5.74) is 8.11. The first-order valence-corrected chi connectivity index (χ1v) is 11.1. The third-order valence-electron chi connectivity index (χ3n) is 5.87. The van der Waals surface area contributed by atoms with Crippen LogP contribution in [0, 0.1) is 0 Å². The van der Waals surface area contributed by atoms with E-state index < -0.39 is 0 Å². The van der Waals surface area contributed by atoms with E-state index in [1.165, 1.54) is 0 Å². The van der Waals surface area contributed by atoms with Crippen molar-refractivity contribution in [3.05, 3.63) is 115 Å². The Morgan fingerprint density at radius 2 is 1.32 bits per heavy atom. The summed E-state index contributed by atoms with van der Waals surface area (Å²) in [6, 6.07) is 35.7. The van der Waals surface area contributed by atoms with E-state index in [2.05, 4.69) is 35.3 Å². The molecule has 0 atom stereocenters. The molecule has 4 heteroatoms. The fourth-order valence-corrected chi connectivity index (χ4v) is 4.21. The van der Waals surface area contributed by atoms with Crippen molar-refractivity contribution in [2.75, 3.05) is 0 Å². The maximum atomic E-state index is 10.3. The van der Waals surface area contributed by atoms with Gasteiger partial charge in [0.2, 0.25) is 5.89 Å². The van der Waals surface area contributed by atoms with Crippen molar-refractivity contribution in [1.29, 1.82) is 0 Å². The molecule has 34 heavy (non-hydrogen) atoms. The molecule has 0 aliphatic carbocycles. The molecule has 0 amide bonds. The first-order valence-electron chi connectivity index (χ1n) is 11.1. The van der Waals surface area contributed by atoms with Gasteiger partial charge in [0.15, 0.2) is 5.58 Å². The Labute approximate surface area is 196 Å². The fourth-order valence-electron chi connectivity index (χ4n) is 4.21. The summed E-state index contributed by atoms with van der Waals surface area (Å²) < 4.78 is 6.04. The zero-order valence-electron chi connectivity index (χ0n) is 18.2. The average Bonchev–Trinajstić information content (AvgIpc) is 3.34. The fraction of sp³-hybridized carbons (Fsp3) is 0. The predicted octanol–water partition coefficient (Wildman–Crippen LogP) is 7.60. The third-order valence-corrected chi connectivity index (χ3v) is 5.87. The van der Waals surface area contributed by atoms with Gasteiger partial charge in [-0.15, -0.1) is 0 Å². The van der Waals surface area contributed by atoms with E-state index in [1.807, 2.05) is 60.7 Å². The quantitative estimate of drug-likeness (QED) is 0.307. The molecule has 0 aliphatic heterocycles. The van der Waals surface area contributed by atoms with E-state index in [-0.39, 0.29) is 5.75 Å². The number of hydrogen-bond donors (Lipinski definition) is 1. The van der Waals surface area contributed by atoms with E-state index in [9.17, 15) is 5.11 Å². The SMILES string of the molecule is Oc1ccccc1-c1nc2c(-c3cc(-c4ccccc4)cc(-c4ccccn4)c3)cccc2o1. The van der Waals surface area contributed by atoms with Crippen LogP contribution in [0.4, 0.5) is 0 Å². The van der Waals surface area contributed by atoms with Crippen molar-refractivity contribution in [3.8, 4) is 50.7 Å². The van der Waals surface area contributed by atoms with E-state index in [4.69, 9.17) is 9.40 Å². The van der Waals surface area contributed by atoms with Gasteiger partial charge in [-0.3, -0.25) is 4.98 Å². The lowest BCUT2D eigenvalue weighted by Gasteiger charge is -2.11. The highest BCUT2D eigenvalue weighted by atomic mass is 16.3. The number of aromatic hydroxyl groups is 1. The summed E-state index contributed by atoms with van der Waals surface area (Å²) in [5.74, 6) is 0.531. The van der Waals surface area contributed by atoms with Gasteiger partial charge in [0.25, 0.3) is 0 Å². The molecule has 4 nitrogen and oxygen atoms in total. The molecule has 0 saturated heterocycles. The maximum Gasteiger partial charge on any atom is 0.231 e. The molecule has 4 aromatic carbocycles. The molecule has 0 unspecified atom stereocenters. The highest BCUT2D eigenvalue weighted by Crippen LogP contribution is 2.37. The van der Waals surface area contributed by atoms with Crippen LogP contribution in [0.15, 0.2) is 120 Å². The minimum atomic E-state index is 0.138. The molecule has 2 aromatic heterocycles. The molecule has 2 heterocycles. The number of phenolic OH excluding ortho intramolecular Hbond substituents is 1. The van der Waals surface area contributed by atoms with Crippen LogP contribution in [0.2, 0.25) is 0 Å². The molecule has 0 radical (unpaired) electrons. The number of rotatable bonds is 4. The van der Waals surface area contributed by atoms with Crippen LogP contribution in [-0.2, 0) is 0 Å². The first-order chi connectivity index (χ1) is 16.8. The molecule has 162 valence electrons. The van der Waals surface area contributed by atoms with Crippen molar-refractivity contribution in [2.24, 2.45) is 0 Å². The van der Waals surface area contributed by atoms with Gasteiger partial charge < -0.3 is 9.52 Å². The van der Waals surface area contributed by atoms with Gasteiger partial charge in [-0.05, 0) is 65.2 Å². The molecular formula is C30H20N2O2. The standard InChI is InChI=1S/C30H20N2O2/c33-27-14-5-4-11-25(27)30-32-29-24(12-8-15-28(29)34-30)22-17-21(20-9-2-1-3-10-20)18-23(19-22)26-13-6-7-16-31-26/h1-19,33H. The van der Waals surface area contributed by atoms with E-state index in [0.717, 1.165) is 39.0 Å². The highest BCUT2D eigenvalue weighted by molar-refractivity contribution is 5.94. The number of benzene rings is 4. The van der Waals surface area contributed by atoms with Gasteiger partial charge in [0, 0.05) is 17.3 Å². The van der Waals surface area contributed by atoms with Gasteiger partial charge in [-0.25, -0.2) is 4.98 Å². The van der Waals surface area contributed by atoms with Crippen LogP contribution in [-0.4, -0.2) is 15.1 Å². The van der Waals surface area contributed by atoms with Crippen molar-refractivity contribution in [3.63, 3.8) is 0 Å². The Bertz CT molecular complexity index is 1550. The van der Waals surface area contributed by atoms with Crippen molar-refractivity contribution in [2.45, 2.75) is 0 Å². The summed E-state index contributed by atoms with van der Waals surface area (Å²) >= 11 is 0. The molecule has 0 spiro atoms. The topological polar surface area (TPSA) is 59.2 Å². The normalized spacial score (nSPS) is 11.1. The number of hydrogen-bond acceptors (Lipinski definition) is 4. The van der Waals surface area contributed by atoms with Gasteiger partial charge in [-0.1, -0.05) is 60.7 Å². The molecule has 0 fully saturated rings. The third kappa shape index (κ3) is 3.61. The molecule has 0 bridgehead atoms. The number of pyridine rings is 1. The number of para-hydroxylation sites is 2. The molecule has 6 rings (SSSR count). The molecule has 0 aliphatic rings. The minimum absolute atomic E-state index is 0.138. The molecule has 6 aromatic rings. The van der Waals surface area contributed by atoms with Crippen LogP contribution >= 0.6 is 0 Å². The Kier molecular flexibility index (Phi) is 4.89. The smallest absolute Gasteiger partial charge is 0.231 e. The summed E-state index contributed by atoms with van der Waals surface area (Å²) in [5, 5.41) is 10.3. The first kappa shape index (κ1) is 19.9. The molecular weight excluding hydrogens is 420 g/mol. The van der Waals surface area contributed by atoms with Crippen molar-refractivity contribution in [1.82, 2.24) is 9.97 Å². The number of nitrogens with zero attached hydrogens (tertiary/aromatic N) is 2. The maximum absolute atomic E-state index is 10.3. The Morgan fingerprint density at radius 1 is 0.588 bits per heavy atom. The summed E-state index contributed by atoms with van der Waals surface area (Å²) in [4.78, 5) is 9.36.